The van der Waals surface area contributed by atoms with E-state index >= 15 is 0 Å². The minimum atomic E-state index is -0.291. The lowest BCUT2D eigenvalue weighted by atomic mass is 10.1. The van der Waals surface area contributed by atoms with E-state index in [9.17, 15) is 14.4 Å². The Labute approximate surface area is 183 Å². The highest BCUT2D eigenvalue weighted by molar-refractivity contribution is 6.21. The van der Waals surface area contributed by atoms with Crippen LogP contribution in [0.15, 0.2) is 59.8 Å². The first-order chi connectivity index (χ1) is 15.4. The normalized spacial score (nSPS) is 13.2. The van der Waals surface area contributed by atoms with E-state index in [0.717, 1.165) is 16.8 Å². The van der Waals surface area contributed by atoms with E-state index in [4.69, 9.17) is 0 Å². The van der Waals surface area contributed by atoms with Crippen LogP contribution < -0.4 is 5.56 Å². The number of hydrogen-bond donors (Lipinski definition) is 0. The van der Waals surface area contributed by atoms with Gasteiger partial charge in [0.15, 0.2) is 5.65 Å². The molecule has 2 aromatic heterocycles. The van der Waals surface area contributed by atoms with Crippen molar-refractivity contribution in [3.8, 4) is 5.69 Å². The number of amides is 2. The third-order valence-corrected chi connectivity index (χ3v) is 5.66. The first kappa shape index (κ1) is 19.9. The lowest BCUT2D eigenvalue weighted by Crippen LogP contribution is -2.32. The van der Waals surface area contributed by atoms with Crippen molar-refractivity contribution in [3.63, 3.8) is 0 Å². The van der Waals surface area contributed by atoms with Gasteiger partial charge in [-0.15, -0.1) is 0 Å². The fourth-order valence-corrected chi connectivity index (χ4v) is 4.21. The first-order valence-corrected chi connectivity index (χ1v) is 10.4. The largest absolute Gasteiger partial charge is 0.299 e. The van der Waals surface area contributed by atoms with Gasteiger partial charge in [-0.3, -0.25) is 23.9 Å². The number of imide groups is 1. The molecule has 0 saturated carbocycles. The maximum absolute atomic E-state index is 13.0. The van der Waals surface area contributed by atoms with Crippen LogP contribution in [0.5, 0.6) is 0 Å². The fourth-order valence-electron chi connectivity index (χ4n) is 4.21. The van der Waals surface area contributed by atoms with E-state index < -0.39 is 0 Å². The van der Waals surface area contributed by atoms with Gasteiger partial charge in [-0.05, 0) is 55.7 Å². The first-order valence-electron chi connectivity index (χ1n) is 10.4. The Balaban J connectivity index is 1.35. The Morgan fingerprint density at radius 3 is 2.19 bits per heavy atom. The molecular formula is C24H21N5O3. The summed E-state index contributed by atoms with van der Waals surface area (Å²) in [5.74, 6) is -0.581. The molecule has 0 bridgehead atoms. The van der Waals surface area contributed by atoms with E-state index in [0.29, 0.717) is 35.1 Å². The molecule has 0 saturated heterocycles. The standard InChI is InChI=1S/C24H21N5O3/c1-15-10-16(2)12-17(11-15)29-21-20(13-26-29)22(30)27(14-25-21)8-5-9-28-23(31)18-6-3-4-7-19(18)24(28)32/h3-4,6-7,10-14H,5,8-9H2,1-2H3. The molecule has 0 unspecified atom stereocenters. The van der Waals surface area contributed by atoms with Crippen molar-refractivity contribution in [2.75, 3.05) is 6.54 Å². The van der Waals surface area contributed by atoms with Crippen LogP contribution in [0.25, 0.3) is 16.7 Å². The number of fused-ring (bicyclic) bond motifs is 2. The molecule has 3 heterocycles. The molecule has 0 atom stereocenters. The number of benzene rings is 2. The van der Waals surface area contributed by atoms with Crippen molar-refractivity contribution in [1.82, 2.24) is 24.2 Å². The molecule has 8 heteroatoms. The summed E-state index contributed by atoms with van der Waals surface area (Å²) in [4.78, 5) is 43.6. The molecule has 32 heavy (non-hydrogen) atoms. The second-order valence-electron chi connectivity index (χ2n) is 8.04. The number of rotatable bonds is 5. The summed E-state index contributed by atoms with van der Waals surface area (Å²) in [5.41, 5.74) is 4.21. The van der Waals surface area contributed by atoms with E-state index in [-0.39, 0.29) is 23.9 Å². The summed E-state index contributed by atoms with van der Waals surface area (Å²) in [6, 6.07) is 12.9. The van der Waals surface area contributed by atoms with E-state index in [1.54, 1.807) is 28.9 Å². The van der Waals surface area contributed by atoms with Crippen molar-refractivity contribution >= 4 is 22.8 Å². The quantitative estimate of drug-likeness (QED) is 0.457. The van der Waals surface area contributed by atoms with E-state index in [1.807, 2.05) is 26.0 Å². The van der Waals surface area contributed by atoms with Crippen molar-refractivity contribution in [2.24, 2.45) is 0 Å². The molecule has 1 aliphatic heterocycles. The van der Waals surface area contributed by atoms with E-state index in [1.165, 1.54) is 22.0 Å². The average molecular weight is 427 g/mol. The topological polar surface area (TPSA) is 90.1 Å². The molecule has 2 amide bonds. The number of nitrogens with zero attached hydrogens (tertiary/aromatic N) is 5. The van der Waals surface area contributed by atoms with Crippen LogP contribution >= 0.6 is 0 Å². The number of aromatic nitrogens is 4. The van der Waals surface area contributed by atoms with Gasteiger partial charge in [-0.25, -0.2) is 9.67 Å². The van der Waals surface area contributed by atoms with Crippen LogP contribution in [0.3, 0.4) is 0 Å². The number of hydrogen-bond acceptors (Lipinski definition) is 5. The molecule has 0 fully saturated rings. The van der Waals surface area contributed by atoms with Crippen LogP contribution in [0.4, 0.5) is 0 Å². The van der Waals surface area contributed by atoms with Gasteiger partial charge in [0.2, 0.25) is 0 Å². The Bertz CT molecular complexity index is 1390. The molecule has 5 rings (SSSR count). The molecule has 0 spiro atoms. The minimum Gasteiger partial charge on any atom is -0.299 e. The lowest BCUT2D eigenvalue weighted by molar-refractivity contribution is 0.0650. The van der Waals surface area contributed by atoms with Crippen molar-refractivity contribution < 1.29 is 9.59 Å². The van der Waals surface area contributed by atoms with Crippen LogP contribution in [-0.4, -0.2) is 42.6 Å². The predicted octanol–water partition coefficient (Wildman–Crippen LogP) is 2.89. The number of carbonyl (C=O) groups is 2. The zero-order valence-electron chi connectivity index (χ0n) is 17.8. The Morgan fingerprint density at radius 1 is 0.875 bits per heavy atom. The van der Waals surface area contributed by atoms with Crippen LogP contribution in [0.1, 0.15) is 38.3 Å². The average Bonchev–Trinajstić information content (AvgIpc) is 3.30. The molecule has 160 valence electrons. The highest BCUT2D eigenvalue weighted by atomic mass is 16.2. The molecule has 0 N–H and O–H groups in total. The second-order valence-corrected chi connectivity index (χ2v) is 8.04. The zero-order valence-corrected chi connectivity index (χ0v) is 17.8. The number of carbonyl (C=O) groups excluding carboxylic acids is 2. The van der Waals surface area contributed by atoms with Gasteiger partial charge in [0.1, 0.15) is 5.39 Å². The highest BCUT2D eigenvalue weighted by Gasteiger charge is 2.34. The molecule has 2 aromatic carbocycles. The third kappa shape index (κ3) is 3.20. The summed E-state index contributed by atoms with van der Waals surface area (Å²) < 4.78 is 3.16. The van der Waals surface area contributed by atoms with Crippen LogP contribution in [-0.2, 0) is 6.54 Å². The van der Waals surface area contributed by atoms with Gasteiger partial charge >= 0.3 is 0 Å². The smallest absolute Gasteiger partial charge is 0.264 e. The highest BCUT2D eigenvalue weighted by Crippen LogP contribution is 2.22. The molecule has 0 radical (unpaired) electrons. The molecule has 1 aliphatic rings. The SMILES string of the molecule is Cc1cc(C)cc(-n2ncc3c(=O)n(CCCN4C(=O)c5ccccc5C4=O)cnc32)c1. The summed E-state index contributed by atoms with van der Waals surface area (Å²) in [6.45, 7) is 4.59. The van der Waals surface area contributed by atoms with Crippen molar-refractivity contribution in [2.45, 2.75) is 26.8 Å². The van der Waals surface area contributed by atoms with Crippen LogP contribution in [0.2, 0.25) is 0 Å². The summed E-state index contributed by atoms with van der Waals surface area (Å²) in [6.07, 6.45) is 3.47. The zero-order chi connectivity index (χ0) is 22.4. The summed E-state index contributed by atoms with van der Waals surface area (Å²) >= 11 is 0. The van der Waals surface area contributed by atoms with Crippen molar-refractivity contribution in [1.29, 1.82) is 0 Å². The molecule has 4 aromatic rings. The minimum absolute atomic E-state index is 0.201. The van der Waals surface area contributed by atoms with Gasteiger partial charge in [-0.1, -0.05) is 18.2 Å². The Hall–Kier alpha value is -4.07. The Morgan fingerprint density at radius 2 is 1.53 bits per heavy atom. The maximum atomic E-state index is 13.0. The fraction of sp³-hybridized carbons (Fsp3) is 0.208. The monoisotopic (exact) mass is 427 g/mol. The van der Waals surface area contributed by atoms with Gasteiger partial charge in [0.25, 0.3) is 17.4 Å². The summed E-state index contributed by atoms with van der Waals surface area (Å²) in [7, 11) is 0. The van der Waals surface area contributed by atoms with Gasteiger partial charge in [0.05, 0.1) is 29.3 Å². The van der Waals surface area contributed by atoms with Gasteiger partial charge in [0, 0.05) is 13.1 Å². The predicted molar refractivity (Wildman–Crippen MR) is 119 cm³/mol. The lowest BCUT2D eigenvalue weighted by Gasteiger charge is -2.14. The van der Waals surface area contributed by atoms with Gasteiger partial charge in [-0.2, -0.15) is 5.10 Å². The number of aryl methyl sites for hydroxylation is 3. The van der Waals surface area contributed by atoms with Gasteiger partial charge < -0.3 is 0 Å². The van der Waals surface area contributed by atoms with Crippen molar-refractivity contribution in [3.05, 3.63) is 87.6 Å². The summed E-state index contributed by atoms with van der Waals surface area (Å²) in [5, 5.41) is 4.80. The van der Waals surface area contributed by atoms with Crippen LogP contribution in [0, 0.1) is 13.8 Å². The Kier molecular flexibility index (Phi) is 4.70. The molecular weight excluding hydrogens is 406 g/mol. The molecule has 8 nitrogen and oxygen atoms in total. The molecule has 0 aliphatic carbocycles. The second kappa shape index (κ2) is 7.56. The third-order valence-electron chi connectivity index (χ3n) is 5.66. The van der Waals surface area contributed by atoms with E-state index in [2.05, 4.69) is 16.1 Å². The maximum Gasteiger partial charge on any atom is 0.264 e.